The smallest absolute Gasteiger partial charge is 0.0124 e. The molecule has 0 aromatic heterocycles. The lowest BCUT2D eigenvalue weighted by Gasteiger charge is -2.52. The van der Waals surface area contributed by atoms with Gasteiger partial charge in [0.05, 0.1) is 0 Å². The van der Waals surface area contributed by atoms with Crippen molar-refractivity contribution >= 4 is 11.8 Å². The fourth-order valence-corrected chi connectivity index (χ4v) is 3.53. The normalized spacial score (nSPS) is 30.2. The highest BCUT2D eigenvalue weighted by Crippen LogP contribution is 2.51. The number of hydrogen-bond acceptors (Lipinski definition) is 2. The van der Waals surface area contributed by atoms with Crippen LogP contribution in [-0.2, 0) is 0 Å². The third-order valence-electron chi connectivity index (χ3n) is 4.22. The monoisotopic (exact) mass is 213 g/mol. The fourth-order valence-electron chi connectivity index (χ4n) is 3.21. The van der Waals surface area contributed by atoms with Crippen LogP contribution in [0.5, 0.6) is 0 Å². The first-order valence-electron chi connectivity index (χ1n) is 6.10. The fraction of sp³-hybridized carbons (Fsp3) is 1.00. The molecule has 82 valence electrons. The lowest BCUT2D eigenvalue weighted by Crippen LogP contribution is -2.54. The first kappa shape index (κ1) is 10.8. The third-order valence-corrected chi connectivity index (χ3v) is 4.83. The molecule has 2 heteroatoms. The van der Waals surface area contributed by atoms with E-state index in [1.165, 1.54) is 57.2 Å². The average molecular weight is 213 g/mol. The van der Waals surface area contributed by atoms with Gasteiger partial charge in [0.25, 0.3) is 0 Å². The molecule has 2 saturated carbocycles. The van der Waals surface area contributed by atoms with Crippen molar-refractivity contribution in [3.05, 3.63) is 0 Å². The van der Waals surface area contributed by atoms with E-state index < -0.39 is 0 Å². The maximum Gasteiger partial charge on any atom is 0.0124 e. The van der Waals surface area contributed by atoms with Gasteiger partial charge in [-0.25, -0.2) is 0 Å². The van der Waals surface area contributed by atoms with Crippen LogP contribution in [0.4, 0.5) is 0 Å². The zero-order valence-corrected chi connectivity index (χ0v) is 10.2. The first-order chi connectivity index (χ1) is 6.87. The molecular weight excluding hydrogens is 190 g/mol. The van der Waals surface area contributed by atoms with Gasteiger partial charge in [0.2, 0.25) is 0 Å². The molecule has 2 aliphatic rings. The van der Waals surface area contributed by atoms with Gasteiger partial charge in [0.1, 0.15) is 0 Å². The summed E-state index contributed by atoms with van der Waals surface area (Å²) in [5.41, 5.74) is 0.747. The topological polar surface area (TPSA) is 12.0 Å². The highest BCUT2D eigenvalue weighted by molar-refractivity contribution is 7.98. The number of nitrogens with one attached hydrogen (secondary N) is 1. The van der Waals surface area contributed by atoms with E-state index >= 15 is 0 Å². The van der Waals surface area contributed by atoms with Crippen molar-refractivity contribution < 1.29 is 0 Å². The van der Waals surface area contributed by atoms with Gasteiger partial charge in [-0.15, -0.1) is 0 Å². The average Bonchev–Trinajstić information content (AvgIpc) is 2.24. The summed E-state index contributed by atoms with van der Waals surface area (Å²) < 4.78 is 0. The van der Waals surface area contributed by atoms with E-state index in [1.807, 2.05) is 11.8 Å². The number of hydrogen-bond donors (Lipinski definition) is 1. The molecule has 0 aliphatic heterocycles. The van der Waals surface area contributed by atoms with Crippen LogP contribution in [0.3, 0.4) is 0 Å². The summed E-state index contributed by atoms with van der Waals surface area (Å²) in [6, 6.07) is 0.870. The van der Waals surface area contributed by atoms with Crippen LogP contribution in [-0.4, -0.2) is 24.6 Å². The zero-order chi connectivity index (χ0) is 9.86. The minimum atomic E-state index is 0.747. The van der Waals surface area contributed by atoms with Crippen LogP contribution in [0.15, 0.2) is 0 Å². The molecule has 0 aromatic rings. The summed E-state index contributed by atoms with van der Waals surface area (Å²) in [5, 5.41) is 3.76. The molecule has 0 heterocycles. The molecule has 0 amide bonds. The maximum atomic E-state index is 3.76. The van der Waals surface area contributed by atoms with Gasteiger partial charge >= 0.3 is 0 Å². The van der Waals surface area contributed by atoms with Crippen LogP contribution in [0.1, 0.15) is 44.9 Å². The molecule has 2 aliphatic carbocycles. The van der Waals surface area contributed by atoms with E-state index in [0.29, 0.717) is 0 Å². The van der Waals surface area contributed by atoms with Gasteiger partial charge in [0, 0.05) is 18.3 Å². The molecular formula is C12H23NS. The Balaban J connectivity index is 1.76. The quantitative estimate of drug-likeness (QED) is 0.720. The first-order valence-corrected chi connectivity index (χ1v) is 7.49. The molecule has 1 atom stereocenters. The van der Waals surface area contributed by atoms with Crippen molar-refractivity contribution in [2.45, 2.75) is 51.0 Å². The molecule has 2 rings (SSSR count). The number of rotatable bonds is 4. The van der Waals surface area contributed by atoms with Gasteiger partial charge in [-0.2, -0.15) is 11.8 Å². The van der Waals surface area contributed by atoms with Crippen LogP contribution in [0, 0.1) is 5.41 Å². The van der Waals surface area contributed by atoms with Gasteiger partial charge in [-0.1, -0.05) is 19.3 Å². The van der Waals surface area contributed by atoms with E-state index in [9.17, 15) is 0 Å². The van der Waals surface area contributed by atoms with Crippen LogP contribution in [0.2, 0.25) is 0 Å². The Kier molecular flexibility index (Phi) is 3.78. The van der Waals surface area contributed by atoms with Crippen molar-refractivity contribution in [1.82, 2.24) is 5.32 Å². The molecule has 2 fully saturated rings. The van der Waals surface area contributed by atoms with E-state index in [4.69, 9.17) is 0 Å². The van der Waals surface area contributed by atoms with Crippen molar-refractivity contribution in [2.24, 2.45) is 5.41 Å². The molecule has 0 bridgehead atoms. The van der Waals surface area contributed by atoms with Gasteiger partial charge in [0.15, 0.2) is 0 Å². The molecule has 0 radical (unpaired) electrons. The Bertz CT molecular complexity index is 175. The minimum Gasteiger partial charge on any atom is -0.313 e. The summed E-state index contributed by atoms with van der Waals surface area (Å²) in [5.74, 6) is 1.27. The predicted octanol–water partition coefficient (Wildman–Crippen LogP) is 3.05. The lowest BCUT2D eigenvalue weighted by molar-refractivity contribution is 0.0244. The largest absolute Gasteiger partial charge is 0.313 e. The van der Waals surface area contributed by atoms with Gasteiger partial charge in [-0.3, -0.25) is 0 Å². The standard InChI is InChI=1S/C12H23NS/c1-14-10-9-13-11-5-8-12(11)6-3-2-4-7-12/h11,13H,2-10H2,1H3. The van der Waals surface area contributed by atoms with E-state index in [2.05, 4.69) is 11.6 Å². The third kappa shape index (κ3) is 2.11. The summed E-state index contributed by atoms with van der Waals surface area (Å²) in [4.78, 5) is 0. The van der Waals surface area contributed by atoms with Crippen molar-refractivity contribution in [2.75, 3.05) is 18.6 Å². The predicted molar refractivity (Wildman–Crippen MR) is 64.9 cm³/mol. The summed E-state index contributed by atoms with van der Waals surface area (Å²) in [6.45, 7) is 1.22. The van der Waals surface area contributed by atoms with Crippen molar-refractivity contribution in [1.29, 1.82) is 0 Å². The highest BCUT2D eigenvalue weighted by Gasteiger charge is 2.46. The summed E-state index contributed by atoms with van der Waals surface area (Å²) in [7, 11) is 0. The maximum absolute atomic E-state index is 3.76. The lowest BCUT2D eigenvalue weighted by atomic mass is 9.57. The molecule has 1 unspecified atom stereocenters. The highest BCUT2D eigenvalue weighted by atomic mass is 32.2. The van der Waals surface area contributed by atoms with E-state index in [1.54, 1.807) is 0 Å². The molecule has 1 N–H and O–H groups in total. The SMILES string of the molecule is CSCCNC1CCC12CCCCC2. The summed E-state index contributed by atoms with van der Waals surface area (Å²) >= 11 is 1.95. The second-order valence-corrected chi connectivity index (χ2v) is 5.95. The van der Waals surface area contributed by atoms with Crippen LogP contribution < -0.4 is 5.32 Å². The second kappa shape index (κ2) is 4.89. The molecule has 1 nitrogen and oxygen atoms in total. The Labute approximate surface area is 92.4 Å². The van der Waals surface area contributed by atoms with Crippen LogP contribution in [0.25, 0.3) is 0 Å². The minimum absolute atomic E-state index is 0.747. The van der Waals surface area contributed by atoms with E-state index in [0.717, 1.165) is 11.5 Å². The Hall–Kier alpha value is 0.310. The zero-order valence-electron chi connectivity index (χ0n) is 9.35. The number of thioether (sulfide) groups is 1. The molecule has 0 aromatic carbocycles. The van der Waals surface area contributed by atoms with Crippen molar-refractivity contribution in [3.63, 3.8) is 0 Å². The molecule has 1 spiro atoms. The van der Waals surface area contributed by atoms with E-state index in [-0.39, 0.29) is 0 Å². The van der Waals surface area contributed by atoms with Crippen molar-refractivity contribution in [3.8, 4) is 0 Å². The Morgan fingerprint density at radius 1 is 1.21 bits per heavy atom. The van der Waals surface area contributed by atoms with Crippen LogP contribution >= 0.6 is 11.8 Å². The summed E-state index contributed by atoms with van der Waals surface area (Å²) in [6.07, 6.45) is 12.6. The van der Waals surface area contributed by atoms with Gasteiger partial charge in [-0.05, 0) is 37.4 Å². The Morgan fingerprint density at radius 2 is 2.00 bits per heavy atom. The Morgan fingerprint density at radius 3 is 2.57 bits per heavy atom. The molecule has 14 heavy (non-hydrogen) atoms. The molecule has 0 saturated heterocycles. The van der Waals surface area contributed by atoms with Gasteiger partial charge < -0.3 is 5.32 Å². The second-order valence-electron chi connectivity index (χ2n) is 4.96.